The minimum atomic E-state index is -1.35. The predicted molar refractivity (Wildman–Crippen MR) is 71.7 cm³/mol. The van der Waals surface area contributed by atoms with E-state index in [4.69, 9.17) is 0 Å². The Labute approximate surface area is 114 Å². The molecular weight excluding hydrogens is 265 g/mol. The number of nitrogens with one attached hydrogen (secondary N) is 1. The Bertz CT molecular complexity index is 556. The van der Waals surface area contributed by atoms with Crippen LogP contribution in [0.3, 0.4) is 0 Å². The third-order valence-electron chi connectivity index (χ3n) is 3.91. The van der Waals surface area contributed by atoms with Gasteiger partial charge in [-0.25, -0.2) is 4.39 Å². The second-order valence-corrected chi connectivity index (χ2v) is 6.78. The molecule has 2 fully saturated rings. The van der Waals surface area contributed by atoms with E-state index >= 15 is 0 Å². The Morgan fingerprint density at radius 1 is 1.42 bits per heavy atom. The van der Waals surface area contributed by atoms with E-state index in [9.17, 15) is 13.4 Å². The molecule has 0 saturated heterocycles. The largest absolute Gasteiger partial charge is 0.326 e. The fraction of sp³-hybridized carbons (Fsp3) is 0.500. The first kappa shape index (κ1) is 12.8. The fourth-order valence-corrected chi connectivity index (χ4v) is 3.20. The van der Waals surface area contributed by atoms with E-state index in [1.54, 1.807) is 6.07 Å². The van der Waals surface area contributed by atoms with Gasteiger partial charge in [0, 0.05) is 17.9 Å². The Balaban J connectivity index is 1.65. The quantitative estimate of drug-likeness (QED) is 0.922. The van der Waals surface area contributed by atoms with E-state index in [2.05, 4.69) is 5.32 Å². The van der Waals surface area contributed by atoms with Gasteiger partial charge in [0.15, 0.2) is 0 Å². The lowest BCUT2D eigenvalue weighted by molar-refractivity contribution is -0.117. The number of benzene rings is 1. The molecule has 1 aromatic carbocycles. The van der Waals surface area contributed by atoms with E-state index in [-0.39, 0.29) is 16.7 Å². The second kappa shape index (κ2) is 4.71. The summed E-state index contributed by atoms with van der Waals surface area (Å²) in [4.78, 5) is 12.1. The summed E-state index contributed by atoms with van der Waals surface area (Å²) in [6.45, 7) is 0. The standard InChI is InChI=1S/C14H16FNO2S/c1-19(18)13-5-4-9(6-12(13)15)16-14(17)11-7-10(11)8-2-3-8/h4-6,8,10-11H,2-3,7H2,1H3,(H,16,17)/t10-,11+,19-/m0/s1. The highest BCUT2D eigenvalue weighted by molar-refractivity contribution is 7.84. The molecule has 2 aliphatic carbocycles. The molecule has 2 aliphatic rings. The number of halogens is 1. The molecule has 3 atom stereocenters. The van der Waals surface area contributed by atoms with E-state index < -0.39 is 16.6 Å². The van der Waals surface area contributed by atoms with Crippen LogP contribution in [0.25, 0.3) is 0 Å². The van der Waals surface area contributed by atoms with Crippen LogP contribution in [0.4, 0.5) is 10.1 Å². The van der Waals surface area contributed by atoms with Crippen LogP contribution in [-0.2, 0) is 15.6 Å². The van der Waals surface area contributed by atoms with Crippen LogP contribution in [0.2, 0.25) is 0 Å². The zero-order valence-electron chi connectivity index (χ0n) is 10.7. The first-order chi connectivity index (χ1) is 9.06. The summed E-state index contributed by atoms with van der Waals surface area (Å²) in [5.41, 5.74) is 0.443. The highest BCUT2D eigenvalue weighted by Crippen LogP contribution is 2.54. The summed E-state index contributed by atoms with van der Waals surface area (Å²) >= 11 is 0. The third-order valence-corrected chi connectivity index (χ3v) is 4.86. The van der Waals surface area contributed by atoms with Gasteiger partial charge in [0.1, 0.15) is 5.82 Å². The molecule has 1 N–H and O–H groups in total. The SMILES string of the molecule is C[S@](=O)c1ccc(NC(=O)[C@@H]2C[C@H]2C2CC2)cc1F. The van der Waals surface area contributed by atoms with Crippen LogP contribution < -0.4 is 5.32 Å². The average molecular weight is 281 g/mol. The van der Waals surface area contributed by atoms with Gasteiger partial charge >= 0.3 is 0 Å². The summed E-state index contributed by atoms with van der Waals surface area (Å²) in [5, 5.41) is 2.75. The molecule has 0 heterocycles. The number of hydrogen-bond donors (Lipinski definition) is 1. The number of carbonyl (C=O) groups excluding carboxylic acids is 1. The molecule has 19 heavy (non-hydrogen) atoms. The van der Waals surface area contributed by atoms with Crippen LogP contribution in [0.5, 0.6) is 0 Å². The van der Waals surface area contributed by atoms with E-state index in [1.807, 2.05) is 0 Å². The predicted octanol–water partition coefficient (Wildman–Crippen LogP) is 2.55. The maximum absolute atomic E-state index is 13.6. The van der Waals surface area contributed by atoms with Crippen molar-refractivity contribution in [1.82, 2.24) is 0 Å². The van der Waals surface area contributed by atoms with Crippen molar-refractivity contribution in [2.24, 2.45) is 17.8 Å². The van der Waals surface area contributed by atoms with E-state index in [0.717, 1.165) is 12.3 Å². The van der Waals surface area contributed by atoms with Crippen molar-refractivity contribution in [2.45, 2.75) is 24.2 Å². The Morgan fingerprint density at radius 2 is 2.16 bits per heavy atom. The fourth-order valence-electron chi connectivity index (χ4n) is 2.61. The summed E-state index contributed by atoms with van der Waals surface area (Å²) in [7, 11) is -1.35. The van der Waals surface area contributed by atoms with Gasteiger partial charge < -0.3 is 5.32 Å². The van der Waals surface area contributed by atoms with Crippen LogP contribution in [0.1, 0.15) is 19.3 Å². The van der Waals surface area contributed by atoms with Crippen LogP contribution in [0, 0.1) is 23.6 Å². The smallest absolute Gasteiger partial charge is 0.227 e. The summed E-state index contributed by atoms with van der Waals surface area (Å²) in [6.07, 6.45) is 4.90. The molecule has 3 rings (SSSR count). The number of rotatable bonds is 4. The first-order valence-electron chi connectivity index (χ1n) is 6.50. The van der Waals surface area contributed by atoms with E-state index in [0.29, 0.717) is 11.6 Å². The number of carbonyl (C=O) groups is 1. The molecule has 0 bridgehead atoms. The van der Waals surface area contributed by atoms with Crippen molar-refractivity contribution in [1.29, 1.82) is 0 Å². The molecule has 0 spiro atoms. The van der Waals surface area contributed by atoms with Crippen molar-refractivity contribution < 1.29 is 13.4 Å². The van der Waals surface area contributed by atoms with Crippen molar-refractivity contribution in [3.8, 4) is 0 Å². The van der Waals surface area contributed by atoms with Crippen molar-refractivity contribution in [3.63, 3.8) is 0 Å². The average Bonchev–Trinajstić information content (AvgIpc) is 3.20. The van der Waals surface area contributed by atoms with Gasteiger partial charge in [-0.3, -0.25) is 9.00 Å². The van der Waals surface area contributed by atoms with E-state index in [1.165, 1.54) is 31.2 Å². The Morgan fingerprint density at radius 3 is 2.74 bits per heavy atom. The number of anilines is 1. The summed E-state index contributed by atoms with van der Waals surface area (Å²) in [5.74, 6) is 0.857. The molecule has 2 saturated carbocycles. The molecule has 102 valence electrons. The lowest BCUT2D eigenvalue weighted by Crippen LogP contribution is -2.15. The summed E-state index contributed by atoms with van der Waals surface area (Å²) in [6, 6.07) is 4.31. The molecule has 0 aromatic heterocycles. The molecule has 0 unspecified atom stereocenters. The highest BCUT2D eigenvalue weighted by atomic mass is 32.2. The molecule has 5 heteroatoms. The normalized spacial score (nSPS) is 26.8. The van der Waals surface area contributed by atoms with Gasteiger partial charge in [0.2, 0.25) is 5.91 Å². The zero-order valence-corrected chi connectivity index (χ0v) is 11.5. The molecule has 3 nitrogen and oxygen atoms in total. The Hall–Kier alpha value is -1.23. The Kier molecular flexibility index (Phi) is 3.17. The molecule has 1 amide bonds. The lowest BCUT2D eigenvalue weighted by Gasteiger charge is -2.06. The van der Waals surface area contributed by atoms with Gasteiger partial charge in [-0.15, -0.1) is 0 Å². The lowest BCUT2D eigenvalue weighted by atomic mass is 10.2. The van der Waals surface area contributed by atoms with Crippen LogP contribution in [0.15, 0.2) is 23.1 Å². The maximum Gasteiger partial charge on any atom is 0.227 e. The molecule has 0 radical (unpaired) electrons. The second-order valence-electron chi connectivity index (χ2n) is 5.43. The number of hydrogen-bond acceptors (Lipinski definition) is 2. The van der Waals surface area contributed by atoms with Crippen LogP contribution in [-0.4, -0.2) is 16.4 Å². The minimum Gasteiger partial charge on any atom is -0.326 e. The minimum absolute atomic E-state index is 0.0123. The van der Waals surface area contributed by atoms with Crippen molar-refractivity contribution in [2.75, 3.05) is 11.6 Å². The zero-order chi connectivity index (χ0) is 13.6. The monoisotopic (exact) mass is 281 g/mol. The van der Waals surface area contributed by atoms with Crippen molar-refractivity contribution in [3.05, 3.63) is 24.0 Å². The third kappa shape index (κ3) is 2.71. The van der Waals surface area contributed by atoms with Crippen molar-refractivity contribution >= 4 is 22.4 Å². The van der Waals surface area contributed by atoms with Gasteiger partial charge in [0.25, 0.3) is 0 Å². The molecule has 0 aliphatic heterocycles. The summed E-state index contributed by atoms with van der Waals surface area (Å²) < 4.78 is 24.9. The topological polar surface area (TPSA) is 46.2 Å². The molecule has 1 aromatic rings. The maximum atomic E-state index is 13.6. The first-order valence-corrected chi connectivity index (χ1v) is 8.06. The van der Waals surface area contributed by atoms with Gasteiger partial charge in [0.05, 0.1) is 15.7 Å². The van der Waals surface area contributed by atoms with Crippen LogP contribution >= 0.6 is 0 Å². The van der Waals surface area contributed by atoms with Gasteiger partial charge in [-0.05, 0) is 49.3 Å². The van der Waals surface area contributed by atoms with Gasteiger partial charge in [-0.2, -0.15) is 0 Å². The number of amides is 1. The highest BCUT2D eigenvalue weighted by Gasteiger charge is 2.51. The van der Waals surface area contributed by atoms with Gasteiger partial charge in [-0.1, -0.05) is 0 Å². The molecular formula is C14H16FNO2S.